The Labute approximate surface area is 107 Å². The van der Waals surface area contributed by atoms with E-state index in [9.17, 15) is 10.1 Å². The second-order valence-corrected chi connectivity index (χ2v) is 4.58. The molecule has 0 aromatic heterocycles. The van der Waals surface area contributed by atoms with Gasteiger partial charge in [0.1, 0.15) is 0 Å². The van der Waals surface area contributed by atoms with Crippen molar-refractivity contribution >= 4 is 11.8 Å². The summed E-state index contributed by atoms with van der Waals surface area (Å²) in [7, 11) is 0. The van der Waals surface area contributed by atoms with E-state index in [0.717, 1.165) is 13.0 Å². The molecule has 1 aromatic carbocycles. The molecule has 1 fully saturated rings. The van der Waals surface area contributed by atoms with Crippen LogP contribution in [-0.4, -0.2) is 17.5 Å². The van der Waals surface area contributed by atoms with Crippen molar-refractivity contribution in [3.05, 3.63) is 46.0 Å². The minimum absolute atomic E-state index is 0.169. The van der Waals surface area contributed by atoms with E-state index in [0.29, 0.717) is 11.6 Å². The molecule has 0 amide bonds. The van der Waals surface area contributed by atoms with Gasteiger partial charge in [-0.05, 0) is 25.5 Å². The molecule has 1 aromatic rings. The fourth-order valence-corrected chi connectivity index (χ4v) is 2.23. The molecule has 4 nitrogen and oxygen atoms in total. The lowest BCUT2D eigenvalue weighted by molar-refractivity contribution is -0.385. The van der Waals surface area contributed by atoms with Crippen molar-refractivity contribution < 1.29 is 4.92 Å². The monoisotopic (exact) mass is 246 g/mol. The fourth-order valence-electron chi connectivity index (χ4n) is 2.23. The Kier molecular flexibility index (Phi) is 4.47. The van der Waals surface area contributed by atoms with E-state index < -0.39 is 0 Å². The summed E-state index contributed by atoms with van der Waals surface area (Å²) in [5.74, 6) is 0. The quantitative estimate of drug-likeness (QED) is 0.658. The van der Waals surface area contributed by atoms with Gasteiger partial charge in [0, 0.05) is 12.1 Å². The van der Waals surface area contributed by atoms with Crippen LogP contribution in [0.5, 0.6) is 0 Å². The zero-order chi connectivity index (χ0) is 12.8. The van der Waals surface area contributed by atoms with Crippen molar-refractivity contribution in [2.24, 2.45) is 0 Å². The van der Waals surface area contributed by atoms with Gasteiger partial charge in [0.15, 0.2) is 0 Å². The van der Waals surface area contributed by atoms with Crippen LogP contribution in [0.25, 0.3) is 6.08 Å². The van der Waals surface area contributed by atoms with Gasteiger partial charge in [0.2, 0.25) is 0 Å². The van der Waals surface area contributed by atoms with Gasteiger partial charge in [-0.15, -0.1) is 0 Å². The van der Waals surface area contributed by atoms with Crippen LogP contribution in [-0.2, 0) is 0 Å². The predicted molar refractivity (Wildman–Crippen MR) is 72.4 cm³/mol. The highest BCUT2D eigenvalue weighted by Gasteiger charge is 2.11. The predicted octanol–water partition coefficient (Wildman–Crippen LogP) is 3.14. The molecule has 0 spiro atoms. The zero-order valence-electron chi connectivity index (χ0n) is 10.3. The Hall–Kier alpha value is -1.68. The normalized spacial score (nSPS) is 20.8. The van der Waals surface area contributed by atoms with Crippen molar-refractivity contribution in [3.63, 3.8) is 0 Å². The summed E-state index contributed by atoms with van der Waals surface area (Å²) in [4.78, 5) is 10.6. The molecule has 2 rings (SSSR count). The van der Waals surface area contributed by atoms with Crippen LogP contribution in [0, 0.1) is 10.1 Å². The highest BCUT2D eigenvalue weighted by Crippen LogP contribution is 2.20. The minimum atomic E-state index is -0.333. The first kappa shape index (κ1) is 12.8. The second kappa shape index (κ2) is 6.31. The van der Waals surface area contributed by atoms with E-state index in [2.05, 4.69) is 5.32 Å². The highest BCUT2D eigenvalue weighted by molar-refractivity contribution is 5.61. The van der Waals surface area contributed by atoms with Crippen molar-refractivity contribution in [2.75, 3.05) is 6.54 Å². The first-order valence-corrected chi connectivity index (χ1v) is 6.42. The maximum Gasteiger partial charge on any atom is 0.276 e. The van der Waals surface area contributed by atoms with Gasteiger partial charge in [-0.25, -0.2) is 0 Å². The Morgan fingerprint density at radius 3 is 2.94 bits per heavy atom. The number of hydrogen-bond acceptors (Lipinski definition) is 3. The molecule has 0 bridgehead atoms. The van der Waals surface area contributed by atoms with Gasteiger partial charge >= 0.3 is 0 Å². The lowest BCUT2D eigenvalue weighted by Crippen LogP contribution is -2.25. The third-order valence-electron chi connectivity index (χ3n) is 3.24. The molecule has 0 aliphatic carbocycles. The molecule has 1 aliphatic rings. The maximum absolute atomic E-state index is 10.9. The van der Waals surface area contributed by atoms with E-state index in [1.807, 2.05) is 18.2 Å². The topological polar surface area (TPSA) is 55.2 Å². The third kappa shape index (κ3) is 3.40. The molecule has 1 N–H and O–H groups in total. The number of para-hydroxylation sites is 1. The molecular formula is C14H18N2O2. The Morgan fingerprint density at radius 2 is 2.11 bits per heavy atom. The summed E-state index contributed by atoms with van der Waals surface area (Å²) in [6.45, 7) is 1.03. The molecule has 1 aliphatic heterocycles. The fraction of sp³-hybridized carbons (Fsp3) is 0.429. The summed E-state index contributed by atoms with van der Waals surface area (Å²) < 4.78 is 0. The highest BCUT2D eigenvalue weighted by atomic mass is 16.6. The van der Waals surface area contributed by atoms with E-state index >= 15 is 0 Å². The molecule has 96 valence electrons. The number of benzene rings is 1. The minimum Gasteiger partial charge on any atom is -0.311 e. The van der Waals surface area contributed by atoms with E-state index in [4.69, 9.17) is 0 Å². The number of nitrogens with zero attached hydrogens (tertiary/aromatic N) is 1. The molecule has 1 atom stereocenters. The van der Waals surface area contributed by atoms with Gasteiger partial charge < -0.3 is 5.32 Å². The van der Waals surface area contributed by atoms with Crippen LogP contribution in [0.3, 0.4) is 0 Å². The summed E-state index contributed by atoms with van der Waals surface area (Å²) in [6.07, 6.45) is 8.73. The Balaban J connectivity index is 2.10. The van der Waals surface area contributed by atoms with Gasteiger partial charge in [-0.2, -0.15) is 0 Å². The zero-order valence-corrected chi connectivity index (χ0v) is 10.3. The average molecular weight is 246 g/mol. The van der Waals surface area contributed by atoms with Crippen LogP contribution in [0.1, 0.15) is 31.2 Å². The average Bonchev–Trinajstić information content (AvgIpc) is 2.65. The molecule has 1 saturated heterocycles. The standard InChI is InChI=1S/C14H18N2O2/c17-16(18)14-8-4-3-6-12(14)9-10-13-7-2-1-5-11-15-13/h3-4,6,8-10,13,15H,1-2,5,7,11H2. The molecule has 4 heteroatoms. The van der Waals surface area contributed by atoms with Crippen LogP contribution in [0.2, 0.25) is 0 Å². The second-order valence-electron chi connectivity index (χ2n) is 4.58. The summed E-state index contributed by atoms with van der Waals surface area (Å²) >= 11 is 0. The largest absolute Gasteiger partial charge is 0.311 e. The van der Waals surface area contributed by atoms with Crippen LogP contribution >= 0.6 is 0 Å². The molecule has 18 heavy (non-hydrogen) atoms. The van der Waals surface area contributed by atoms with Crippen molar-refractivity contribution in [3.8, 4) is 0 Å². The van der Waals surface area contributed by atoms with Crippen molar-refractivity contribution in [1.82, 2.24) is 5.32 Å². The Bertz CT molecular complexity index is 435. The lowest BCUT2D eigenvalue weighted by Gasteiger charge is -2.10. The van der Waals surface area contributed by atoms with Crippen LogP contribution < -0.4 is 5.32 Å². The lowest BCUT2D eigenvalue weighted by atomic mass is 10.1. The van der Waals surface area contributed by atoms with Gasteiger partial charge in [0.05, 0.1) is 10.5 Å². The van der Waals surface area contributed by atoms with Gasteiger partial charge in [-0.1, -0.05) is 37.1 Å². The first-order chi connectivity index (χ1) is 8.77. The number of hydrogen-bond donors (Lipinski definition) is 1. The van der Waals surface area contributed by atoms with Crippen LogP contribution in [0.4, 0.5) is 5.69 Å². The number of rotatable bonds is 3. The summed E-state index contributed by atoms with van der Waals surface area (Å²) in [5.41, 5.74) is 0.843. The molecule has 1 heterocycles. The Morgan fingerprint density at radius 1 is 1.28 bits per heavy atom. The van der Waals surface area contributed by atoms with E-state index in [-0.39, 0.29) is 10.6 Å². The molecule has 1 unspecified atom stereocenters. The number of nitro benzene ring substituents is 1. The van der Waals surface area contributed by atoms with Crippen molar-refractivity contribution in [2.45, 2.75) is 31.7 Å². The van der Waals surface area contributed by atoms with E-state index in [1.165, 1.54) is 19.3 Å². The maximum atomic E-state index is 10.9. The van der Waals surface area contributed by atoms with Gasteiger partial charge in [0.25, 0.3) is 5.69 Å². The molecule has 0 saturated carbocycles. The smallest absolute Gasteiger partial charge is 0.276 e. The number of nitrogens with one attached hydrogen (secondary N) is 1. The summed E-state index contributed by atoms with van der Waals surface area (Å²) in [5, 5.41) is 14.3. The van der Waals surface area contributed by atoms with Gasteiger partial charge in [-0.3, -0.25) is 10.1 Å². The number of nitro groups is 1. The van der Waals surface area contributed by atoms with Crippen molar-refractivity contribution in [1.29, 1.82) is 0 Å². The summed E-state index contributed by atoms with van der Waals surface area (Å²) in [6, 6.07) is 7.19. The third-order valence-corrected chi connectivity index (χ3v) is 3.24. The molecule has 0 radical (unpaired) electrons. The van der Waals surface area contributed by atoms with Crippen LogP contribution in [0.15, 0.2) is 30.3 Å². The molecular weight excluding hydrogens is 228 g/mol. The van der Waals surface area contributed by atoms with E-state index in [1.54, 1.807) is 18.2 Å². The first-order valence-electron chi connectivity index (χ1n) is 6.42. The SMILES string of the molecule is O=[N+]([O-])c1ccccc1C=CC1CCCCCN1.